The minimum atomic E-state index is -3.70. The van der Waals surface area contributed by atoms with Gasteiger partial charge in [-0.2, -0.15) is 5.10 Å². The first-order valence-corrected chi connectivity index (χ1v) is 5.98. The first-order valence-electron chi connectivity index (χ1n) is 4.49. The van der Waals surface area contributed by atoms with Crippen LogP contribution in [0.25, 0.3) is 0 Å². The average Bonchev–Trinajstić information content (AvgIpc) is 2.78. The zero-order valence-corrected chi connectivity index (χ0v) is 9.40. The second-order valence-corrected chi connectivity index (χ2v) is 4.75. The van der Waals surface area contributed by atoms with Crippen LogP contribution >= 0.6 is 0 Å². The van der Waals surface area contributed by atoms with Gasteiger partial charge in [0.25, 0.3) is 0 Å². The van der Waals surface area contributed by atoms with Crippen molar-refractivity contribution in [1.82, 2.24) is 14.9 Å². The molecule has 1 atom stereocenters. The van der Waals surface area contributed by atoms with Crippen molar-refractivity contribution in [3.8, 4) is 0 Å². The Morgan fingerprint density at radius 1 is 1.81 bits per heavy atom. The molecule has 1 aromatic heterocycles. The highest BCUT2D eigenvalue weighted by Crippen LogP contribution is 2.06. The molecule has 0 aromatic carbocycles. The molecule has 0 saturated heterocycles. The molecule has 0 bridgehead atoms. The van der Waals surface area contributed by atoms with E-state index in [0.29, 0.717) is 6.42 Å². The van der Waals surface area contributed by atoms with Crippen LogP contribution in [0.3, 0.4) is 0 Å². The molecule has 0 fully saturated rings. The van der Waals surface area contributed by atoms with Gasteiger partial charge in [-0.1, -0.05) is 12.1 Å². The SMILES string of the molecule is CCC(NS(=O)(=O)c1cn[nH]c1)/C(N)=N/O. The van der Waals surface area contributed by atoms with Gasteiger partial charge in [0.2, 0.25) is 10.0 Å². The highest BCUT2D eigenvalue weighted by atomic mass is 32.2. The summed E-state index contributed by atoms with van der Waals surface area (Å²) in [4.78, 5) is -0.00307. The van der Waals surface area contributed by atoms with Gasteiger partial charge in [0.15, 0.2) is 5.84 Å². The number of amidine groups is 1. The average molecular weight is 247 g/mol. The topological polar surface area (TPSA) is 133 Å². The lowest BCUT2D eigenvalue weighted by Gasteiger charge is -2.14. The molecule has 0 aliphatic carbocycles. The molecule has 0 amide bonds. The van der Waals surface area contributed by atoms with E-state index in [2.05, 4.69) is 20.1 Å². The molecule has 0 aliphatic heterocycles. The van der Waals surface area contributed by atoms with Crippen LogP contribution in [0, 0.1) is 0 Å². The quantitative estimate of drug-likeness (QED) is 0.234. The fraction of sp³-hybridized carbons (Fsp3) is 0.429. The molecule has 1 rings (SSSR count). The van der Waals surface area contributed by atoms with Crippen LogP contribution < -0.4 is 10.5 Å². The predicted molar refractivity (Wildman–Crippen MR) is 56.4 cm³/mol. The third-order valence-electron chi connectivity index (χ3n) is 1.96. The number of nitrogens with one attached hydrogen (secondary N) is 2. The van der Waals surface area contributed by atoms with E-state index in [9.17, 15) is 8.42 Å². The Morgan fingerprint density at radius 3 is 2.94 bits per heavy atom. The van der Waals surface area contributed by atoms with Crippen molar-refractivity contribution in [2.24, 2.45) is 10.9 Å². The van der Waals surface area contributed by atoms with Crippen LogP contribution in [0.5, 0.6) is 0 Å². The minimum Gasteiger partial charge on any atom is -0.409 e. The highest BCUT2D eigenvalue weighted by Gasteiger charge is 2.22. The molecule has 0 spiro atoms. The molecule has 0 radical (unpaired) electrons. The van der Waals surface area contributed by atoms with E-state index in [4.69, 9.17) is 10.9 Å². The number of nitrogens with zero attached hydrogens (tertiary/aromatic N) is 2. The third-order valence-corrected chi connectivity index (χ3v) is 3.40. The summed E-state index contributed by atoms with van der Waals surface area (Å²) < 4.78 is 25.7. The van der Waals surface area contributed by atoms with E-state index in [0.717, 1.165) is 0 Å². The van der Waals surface area contributed by atoms with Crippen molar-refractivity contribution in [2.75, 3.05) is 0 Å². The molecule has 90 valence electrons. The van der Waals surface area contributed by atoms with Crippen LogP contribution in [0.4, 0.5) is 0 Å². The van der Waals surface area contributed by atoms with Crippen LogP contribution in [0.15, 0.2) is 22.4 Å². The minimum absolute atomic E-state index is 0.00307. The van der Waals surface area contributed by atoms with Gasteiger partial charge in [0, 0.05) is 6.20 Å². The number of nitrogens with two attached hydrogens (primary N) is 1. The van der Waals surface area contributed by atoms with Gasteiger partial charge in [0.1, 0.15) is 4.90 Å². The molecule has 0 saturated carbocycles. The molecular weight excluding hydrogens is 234 g/mol. The number of aromatic amines is 1. The maximum atomic E-state index is 11.7. The number of rotatable bonds is 5. The molecule has 1 unspecified atom stereocenters. The Labute approximate surface area is 92.6 Å². The molecule has 8 nitrogen and oxygen atoms in total. The fourth-order valence-electron chi connectivity index (χ4n) is 1.06. The van der Waals surface area contributed by atoms with Gasteiger partial charge >= 0.3 is 0 Å². The third kappa shape index (κ3) is 2.70. The number of hydrogen-bond donors (Lipinski definition) is 4. The molecule has 9 heteroatoms. The Hall–Kier alpha value is -1.61. The monoisotopic (exact) mass is 247 g/mol. The number of sulfonamides is 1. The Morgan fingerprint density at radius 2 is 2.50 bits per heavy atom. The normalized spacial score (nSPS) is 14.9. The van der Waals surface area contributed by atoms with Gasteiger partial charge in [-0.15, -0.1) is 0 Å². The zero-order chi connectivity index (χ0) is 12.2. The van der Waals surface area contributed by atoms with E-state index in [1.165, 1.54) is 12.4 Å². The highest BCUT2D eigenvalue weighted by molar-refractivity contribution is 7.89. The van der Waals surface area contributed by atoms with Crippen molar-refractivity contribution in [3.63, 3.8) is 0 Å². The van der Waals surface area contributed by atoms with Gasteiger partial charge < -0.3 is 10.9 Å². The summed E-state index contributed by atoms with van der Waals surface area (Å²) >= 11 is 0. The van der Waals surface area contributed by atoms with Gasteiger partial charge in [0.05, 0.1) is 12.2 Å². The standard InChI is InChI=1S/C7H13N5O3S/c1-2-6(7(8)11-13)12-16(14,15)5-3-9-10-4-5/h3-4,6,12-13H,2H2,1H3,(H2,8,11)(H,9,10). The lowest BCUT2D eigenvalue weighted by atomic mass is 10.2. The van der Waals surface area contributed by atoms with Crippen LogP contribution in [-0.4, -0.2) is 35.7 Å². The first-order chi connectivity index (χ1) is 7.51. The lowest BCUT2D eigenvalue weighted by molar-refractivity contribution is 0.315. The van der Waals surface area contributed by atoms with E-state index in [1.54, 1.807) is 6.92 Å². The largest absolute Gasteiger partial charge is 0.409 e. The molecule has 5 N–H and O–H groups in total. The second-order valence-electron chi connectivity index (χ2n) is 3.04. The molecular formula is C7H13N5O3S. The molecule has 16 heavy (non-hydrogen) atoms. The van der Waals surface area contributed by atoms with E-state index in [1.807, 2.05) is 0 Å². The summed E-state index contributed by atoms with van der Waals surface area (Å²) in [7, 11) is -3.70. The van der Waals surface area contributed by atoms with Crippen LogP contribution in [0.2, 0.25) is 0 Å². The summed E-state index contributed by atoms with van der Waals surface area (Å²) in [5.41, 5.74) is 5.34. The first kappa shape index (κ1) is 12.5. The molecule has 1 aromatic rings. The summed E-state index contributed by atoms with van der Waals surface area (Å²) in [5.74, 6) is -0.186. The van der Waals surface area contributed by atoms with E-state index < -0.39 is 16.1 Å². The van der Waals surface area contributed by atoms with Crippen molar-refractivity contribution >= 4 is 15.9 Å². The van der Waals surface area contributed by atoms with Crippen molar-refractivity contribution in [2.45, 2.75) is 24.3 Å². The van der Waals surface area contributed by atoms with Crippen molar-refractivity contribution in [3.05, 3.63) is 12.4 Å². The Bertz CT molecular complexity index is 452. The maximum Gasteiger partial charge on any atom is 0.244 e. The predicted octanol–water partition coefficient (Wildman–Crippen LogP) is -0.787. The second kappa shape index (κ2) is 4.94. The Balaban J connectivity index is 2.88. The van der Waals surface area contributed by atoms with E-state index in [-0.39, 0.29) is 10.7 Å². The summed E-state index contributed by atoms with van der Waals surface area (Å²) in [5, 5.41) is 17.2. The number of hydrogen-bond acceptors (Lipinski definition) is 5. The summed E-state index contributed by atoms with van der Waals surface area (Å²) in [6, 6.07) is -0.745. The fourth-order valence-corrected chi connectivity index (χ4v) is 2.26. The van der Waals surface area contributed by atoms with Crippen molar-refractivity contribution in [1.29, 1.82) is 0 Å². The number of H-pyrrole nitrogens is 1. The van der Waals surface area contributed by atoms with Gasteiger partial charge in [-0.05, 0) is 6.42 Å². The zero-order valence-electron chi connectivity index (χ0n) is 8.58. The van der Waals surface area contributed by atoms with Gasteiger partial charge in [-0.25, -0.2) is 13.1 Å². The smallest absolute Gasteiger partial charge is 0.244 e. The van der Waals surface area contributed by atoms with Crippen LogP contribution in [0.1, 0.15) is 13.3 Å². The van der Waals surface area contributed by atoms with Crippen molar-refractivity contribution < 1.29 is 13.6 Å². The van der Waals surface area contributed by atoms with Gasteiger partial charge in [-0.3, -0.25) is 5.10 Å². The summed E-state index contributed by atoms with van der Waals surface area (Å²) in [6.45, 7) is 1.71. The lowest BCUT2D eigenvalue weighted by Crippen LogP contribution is -2.43. The number of aromatic nitrogens is 2. The molecule has 0 aliphatic rings. The molecule has 1 heterocycles. The van der Waals surface area contributed by atoms with Crippen LogP contribution in [-0.2, 0) is 10.0 Å². The maximum absolute atomic E-state index is 11.7. The summed E-state index contributed by atoms with van der Waals surface area (Å²) in [6.07, 6.45) is 2.77. The van der Waals surface area contributed by atoms with E-state index >= 15 is 0 Å². The Kier molecular flexibility index (Phi) is 3.85. The number of oxime groups is 1.